The molecular formula is C15H22N2O4. The molecule has 0 aliphatic heterocycles. The summed E-state index contributed by atoms with van der Waals surface area (Å²) in [4.78, 5) is 36.3. The number of aromatic nitrogens is 2. The van der Waals surface area contributed by atoms with Crippen LogP contribution in [0.3, 0.4) is 0 Å². The zero-order valence-corrected chi connectivity index (χ0v) is 12.6. The van der Waals surface area contributed by atoms with E-state index in [9.17, 15) is 14.4 Å². The molecule has 1 N–H and O–H groups in total. The van der Waals surface area contributed by atoms with Crippen LogP contribution in [0.2, 0.25) is 0 Å². The number of carbonyl (C=O) groups is 1. The van der Waals surface area contributed by atoms with E-state index in [1.165, 1.54) is 10.8 Å². The van der Waals surface area contributed by atoms with Gasteiger partial charge in [0, 0.05) is 24.7 Å². The first kappa shape index (κ1) is 16.9. The lowest BCUT2D eigenvalue weighted by atomic mass is 10.2. The smallest absolute Gasteiger partial charge is 0.328 e. The highest BCUT2D eigenvalue weighted by molar-refractivity contribution is 5.69. The van der Waals surface area contributed by atoms with Crippen LogP contribution in [0.15, 0.2) is 27.9 Å². The second kappa shape index (κ2) is 8.94. The Balaban J connectivity index is 2.36. The van der Waals surface area contributed by atoms with E-state index in [4.69, 9.17) is 4.74 Å². The van der Waals surface area contributed by atoms with Crippen LogP contribution in [0.4, 0.5) is 0 Å². The van der Waals surface area contributed by atoms with Gasteiger partial charge < -0.3 is 4.74 Å². The summed E-state index contributed by atoms with van der Waals surface area (Å²) < 4.78 is 6.41. The lowest BCUT2D eigenvalue weighted by Crippen LogP contribution is -2.30. The summed E-state index contributed by atoms with van der Waals surface area (Å²) in [5.74, 6) is -0.204. The van der Waals surface area contributed by atoms with Gasteiger partial charge in [0.25, 0.3) is 5.56 Å². The number of ether oxygens (including phenoxy) is 1. The zero-order chi connectivity index (χ0) is 15.7. The summed E-state index contributed by atoms with van der Waals surface area (Å²) in [6.45, 7) is 4.23. The molecule has 0 fully saturated rings. The fourth-order valence-electron chi connectivity index (χ4n) is 1.74. The second-order valence-electron chi connectivity index (χ2n) is 4.84. The normalized spacial score (nSPS) is 11.0. The maximum absolute atomic E-state index is 11.5. The van der Waals surface area contributed by atoms with E-state index in [0.717, 1.165) is 19.3 Å². The van der Waals surface area contributed by atoms with Gasteiger partial charge in [0.15, 0.2) is 0 Å². The molecule has 0 aliphatic rings. The molecular weight excluding hydrogens is 272 g/mol. The van der Waals surface area contributed by atoms with E-state index in [1.54, 1.807) is 19.1 Å². The molecule has 0 unspecified atom stereocenters. The quantitative estimate of drug-likeness (QED) is 0.448. The van der Waals surface area contributed by atoms with E-state index >= 15 is 0 Å². The Morgan fingerprint density at radius 2 is 2.10 bits per heavy atom. The highest BCUT2D eigenvalue weighted by Gasteiger charge is 2.00. The standard InChI is InChI=1S/C15H22N2O4/c1-3-4-5-8-13(18)21-10-7-6-9-17-11-12(2)14(19)16-15(17)20/h6-7,11H,3-5,8-10H2,1-2H3,(H,16,19,20)/b7-6+. The largest absolute Gasteiger partial charge is 0.461 e. The predicted molar refractivity (Wildman–Crippen MR) is 80.3 cm³/mol. The molecule has 1 heterocycles. The summed E-state index contributed by atoms with van der Waals surface area (Å²) in [6, 6.07) is 0. The minimum Gasteiger partial charge on any atom is -0.461 e. The SMILES string of the molecule is CCCCCC(=O)OC/C=C/Cn1cc(C)c(=O)[nH]c1=O. The first-order valence-corrected chi connectivity index (χ1v) is 7.15. The second-order valence-corrected chi connectivity index (χ2v) is 4.84. The van der Waals surface area contributed by atoms with E-state index in [0.29, 0.717) is 18.5 Å². The van der Waals surface area contributed by atoms with Crippen molar-refractivity contribution in [1.29, 1.82) is 0 Å². The number of aryl methyl sites for hydroxylation is 1. The van der Waals surface area contributed by atoms with Crippen LogP contribution in [0, 0.1) is 6.92 Å². The summed E-state index contributed by atoms with van der Waals surface area (Å²) >= 11 is 0. The average molecular weight is 294 g/mol. The van der Waals surface area contributed by atoms with Crippen molar-refractivity contribution in [3.8, 4) is 0 Å². The Morgan fingerprint density at radius 1 is 1.33 bits per heavy atom. The number of H-pyrrole nitrogens is 1. The van der Waals surface area contributed by atoms with Crippen molar-refractivity contribution in [1.82, 2.24) is 9.55 Å². The van der Waals surface area contributed by atoms with Crippen LogP contribution in [0.25, 0.3) is 0 Å². The van der Waals surface area contributed by atoms with Gasteiger partial charge in [-0.3, -0.25) is 19.1 Å². The van der Waals surface area contributed by atoms with Crippen molar-refractivity contribution in [3.05, 3.63) is 44.8 Å². The number of unbranched alkanes of at least 4 members (excludes halogenated alkanes) is 2. The summed E-state index contributed by atoms with van der Waals surface area (Å²) in [6.07, 6.45) is 8.30. The van der Waals surface area contributed by atoms with Crippen LogP contribution in [0.1, 0.15) is 38.2 Å². The Hall–Kier alpha value is -2.11. The number of nitrogens with zero attached hydrogens (tertiary/aromatic N) is 1. The molecule has 0 aliphatic carbocycles. The Labute approximate surface area is 123 Å². The fraction of sp³-hybridized carbons (Fsp3) is 0.533. The monoisotopic (exact) mass is 294 g/mol. The Bertz CT molecular complexity index is 598. The number of rotatable bonds is 8. The third kappa shape index (κ3) is 6.25. The fourth-order valence-corrected chi connectivity index (χ4v) is 1.74. The van der Waals surface area contributed by atoms with Gasteiger partial charge >= 0.3 is 11.7 Å². The molecule has 116 valence electrons. The summed E-state index contributed by atoms with van der Waals surface area (Å²) in [5, 5.41) is 0. The minimum atomic E-state index is -0.452. The maximum atomic E-state index is 11.5. The molecule has 0 saturated heterocycles. The van der Waals surface area contributed by atoms with Crippen LogP contribution in [0.5, 0.6) is 0 Å². The van der Waals surface area contributed by atoms with Gasteiger partial charge in [-0.05, 0) is 19.4 Å². The first-order valence-electron chi connectivity index (χ1n) is 7.15. The van der Waals surface area contributed by atoms with Crippen molar-refractivity contribution < 1.29 is 9.53 Å². The molecule has 1 aromatic heterocycles. The highest BCUT2D eigenvalue weighted by Crippen LogP contribution is 2.00. The lowest BCUT2D eigenvalue weighted by Gasteiger charge is -2.03. The van der Waals surface area contributed by atoms with Crippen molar-refractivity contribution in [3.63, 3.8) is 0 Å². The summed E-state index contributed by atoms with van der Waals surface area (Å²) in [7, 11) is 0. The molecule has 6 nitrogen and oxygen atoms in total. The van der Waals surface area contributed by atoms with E-state index < -0.39 is 5.69 Å². The van der Waals surface area contributed by atoms with Crippen LogP contribution in [-0.4, -0.2) is 22.1 Å². The van der Waals surface area contributed by atoms with Crippen molar-refractivity contribution in [2.24, 2.45) is 0 Å². The van der Waals surface area contributed by atoms with Gasteiger partial charge in [-0.15, -0.1) is 0 Å². The van der Waals surface area contributed by atoms with E-state index in [1.807, 2.05) is 0 Å². The topological polar surface area (TPSA) is 81.2 Å². The number of nitrogens with one attached hydrogen (secondary N) is 1. The molecule has 0 radical (unpaired) electrons. The van der Waals surface area contributed by atoms with Crippen LogP contribution >= 0.6 is 0 Å². The van der Waals surface area contributed by atoms with Gasteiger partial charge in [-0.25, -0.2) is 4.79 Å². The predicted octanol–water partition coefficient (Wildman–Crippen LogP) is 1.52. The minimum absolute atomic E-state index is 0.196. The lowest BCUT2D eigenvalue weighted by molar-refractivity contribution is -0.142. The van der Waals surface area contributed by atoms with E-state index in [2.05, 4.69) is 11.9 Å². The first-order chi connectivity index (χ1) is 10.0. The molecule has 6 heteroatoms. The third-order valence-electron chi connectivity index (χ3n) is 2.98. The van der Waals surface area contributed by atoms with E-state index in [-0.39, 0.29) is 18.1 Å². The highest BCUT2D eigenvalue weighted by atomic mass is 16.5. The number of hydrogen-bond acceptors (Lipinski definition) is 4. The number of hydrogen-bond donors (Lipinski definition) is 1. The molecule has 0 bridgehead atoms. The Morgan fingerprint density at radius 3 is 2.81 bits per heavy atom. The van der Waals surface area contributed by atoms with Gasteiger partial charge in [-0.1, -0.05) is 25.8 Å². The molecule has 1 aromatic rings. The van der Waals surface area contributed by atoms with Crippen molar-refractivity contribution in [2.75, 3.05) is 6.61 Å². The average Bonchev–Trinajstić information content (AvgIpc) is 2.44. The van der Waals surface area contributed by atoms with Gasteiger partial charge in [0.2, 0.25) is 0 Å². The molecule has 0 spiro atoms. The Kier molecular flexibility index (Phi) is 7.21. The molecule has 0 atom stereocenters. The zero-order valence-electron chi connectivity index (χ0n) is 12.6. The summed E-state index contributed by atoms with van der Waals surface area (Å²) in [5.41, 5.74) is -0.349. The number of esters is 1. The molecule has 0 aromatic carbocycles. The van der Waals surface area contributed by atoms with Crippen molar-refractivity contribution in [2.45, 2.75) is 46.1 Å². The molecule has 0 saturated carbocycles. The third-order valence-corrected chi connectivity index (χ3v) is 2.98. The van der Waals surface area contributed by atoms with Crippen molar-refractivity contribution >= 4 is 5.97 Å². The van der Waals surface area contributed by atoms with Crippen LogP contribution in [-0.2, 0) is 16.1 Å². The molecule has 0 amide bonds. The number of aromatic amines is 1. The number of carbonyl (C=O) groups excluding carboxylic acids is 1. The number of allylic oxidation sites excluding steroid dienone is 1. The molecule has 21 heavy (non-hydrogen) atoms. The maximum Gasteiger partial charge on any atom is 0.328 e. The van der Waals surface area contributed by atoms with Crippen LogP contribution < -0.4 is 11.2 Å². The van der Waals surface area contributed by atoms with Gasteiger partial charge in [-0.2, -0.15) is 0 Å². The van der Waals surface area contributed by atoms with Gasteiger partial charge in [0.05, 0.1) is 0 Å². The molecule has 1 rings (SSSR count). The van der Waals surface area contributed by atoms with Gasteiger partial charge in [0.1, 0.15) is 6.61 Å².